The lowest BCUT2D eigenvalue weighted by Crippen LogP contribution is -2.26. The Morgan fingerprint density at radius 1 is 1.13 bits per heavy atom. The fourth-order valence-corrected chi connectivity index (χ4v) is 4.55. The van der Waals surface area contributed by atoms with Crippen LogP contribution < -0.4 is 5.32 Å². The van der Waals surface area contributed by atoms with Crippen molar-refractivity contribution in [3.63, 3.8) is 0 Å². The van der Waals surface area contributed by atoms with Crippen LogP contribution in [0, 0.1) is 0 Å². The molecule has 0 radical (unpaired) electrons. The van der Waals surface area contributed by atoms with E-state index in [1.807, 2.05) is 36.5 Å². The Morgan fingerprint density at radius 2 is 2.03 bits per heavy atom. The number of benzene rings is 1. The molecule has 1 aromatic carbocycles. The molecule has 8 nitrogen and oxygen atoms in total. The molecular formula is C22H23N7OS. The van der Waals surface area contributed by atoms with Gasteiger partial charge in [0.2, 0.25) is 0 Å². The van der Waals surface area contributed by atoms with Gasteiger partial charge in [-0.1, -0.05) is 24.6 Å². The molecule has 5 rings (SSSR count). The fourth-order valence-electron chi connectivity index (χ4n) is 3.77. The van der Waals surface area contributed by atoms with Crippen LogP contribution in [-0.4, -0.2) is 42.0 Å². The number of thiazole rings is 1. The number of rotatable bonds is 6. The van der Waals surface area contributed by atoms with Crippen molar-refractivity contribution in [1.29, 1.82) is 0 Å². The lowest BCUT2D eigenvalue weighted by Gasteiger charge is -2.07. The van der Waals surface area contributed by atoms with Gasteiger partial charge in [-0.3, -0.25) is 4.79 Å². The summed E-state index contributed by atoms with van der Waals surface area (Å²) in [4.78, 5) is 17.1. The van der Waals surface area contributed by atoms with Crippen molar-refractivity contribution in [1.82, 2.24) is 34.8 Å². The first-order valence-electron chi connectivity index (χ1n) is 10.5. The second kappa shape index (κ2) is 8.81. The molecule has 4 heterocycles. The SMILES string of the molecule is O=C(NCCc1nnc2n1CCCCC2)c1csc(-c2cnn(-c3ccccc3)c2)n1. The molecule has 9 heteroatoms. The number of carbonyl (C=O) groups excluding carboxylic acids is 1. The smallest absolute Gasteiger partial charge is 0.270 e. The summed E-state index contributed by atoms with van der Waals surface area (Å²) in [7, 11) is 0. The highest BCUT2D eigenvalue weighted by Crippen LogP contribution is 2.24. The molecule has 0 spiro atoms. The van der Waals surface area contributed by atoms with E-state index in [2.05, 4.69) is 30.2 Å². The molecule has 31 heavy (non-hydrogen) atoms. The first-order chi connectivity index (χ1) is 15.3. The van der Waals surface area contributed by atoms with Crippen molar-refractivity contribution in [3.8, 4) is 16.3 Å². The summed E-state index contributed by atoms with van der Waals surface area (Å²) in [6, 6.07) is 9.90. The molecule has 0 unspecified atom stereocenters. The number of hydrogen-bond acceptors (Lipinski definition) is 6. The van der Waals surface area contributed by atoms with Gasteiger partial charge in [-0.15, -0.1) is 21.5 Å². The van der Waals surface area contributed by atoms with Gasteiger partial charge >= 0.3 is 0 Å². The van der Waals surface area contributed by atoms with Gasteiger partial charge in [0.1, 0.15) is 22.4 Å². The molecular weight excluding hydrogens is 410 g/mol. The Kier molecular flexibility index (Phi) is 5.57. The van der Waals surface area contributed by atoms with Gasteiger partial charge < -0.3 is 9.88 Å². The maximum absolute atomic E-state index is 12.6. The van der Waals surface area contributed by atoms with Gasteiger partial charge in [0.15, 0.2) is 0 Å². The second-order valence-electron chi connectivity index (χ2n) is 7.55. The predicted octanol–water partition coefficient (Wildman–Crippen LogP) is 3.29. The number of hydrogen-bond donors (Lipinski definition) is 1. The molecule has 0 saturated heterocycles. The van der Waals surface area contributed by atoms with Crippen LogP contribution in [0.4, 0.5) is 0 Å². The minimum Gasteiger partial charge on any atom is -0.350 e. The van der Waals surface area contributed by atoms with Crippen LogP contribution in [0.2, 0.25) is 0 Å². The average Bonchev–Trinajstić information content (AvgIpc) is 3.52. The highest BCUT2D eigenvalue weighted by atomic mass is 32.1. The number of nitrogens with one attached hydrogen (secondary N) is 1. The third-order valence-electron chi connectivity index (χ3n) is 5.41. The van der Waals surface area contributed by atoms with Crippen LogP contribution in [-0.2, 0) is 19.4 Å². The summed E-state index contributed by atoms with van der Waals surface area (Å²) in [5.74, 6) is 1.84. The van der Waals surface area contributed by atoms with E-state index in [0.29, 0.717) is 18.7 Å². The first kappa shape index (κ1) is 19.6. The normalized spacial score (nSPS) is 13.5. The van der Waals surface area contributed by atoms with Crippen molar-refractivity contribution >= 4 is 17.2 Å². The highest BCUT2D eigenvalue weighted by Gasteiger charge is 2.16. The maximum Gasteiger partial charge on any atom is 0.270 e. The van der Waals surface area contributed by atoms with Gasteiger partial charge in [-0.25, -0.2) is 9.67 Å². The van der Waals surface area contributed by atoms with E-state index in [-0.39, 0.29) is 5.91 Å². The van der Waals surface area contributed by atoms with Crippen molar-refractivity contribution < 1.29 is 4.79 Å². The zero-order chi connectivity index (χ0) is 21.0. The van der Waals surface area contributed by atoms with Crippen LogP contribution in [0.5, 0.6) is 0 Å². The van der Waals surface area contributed by atoms with Crippen molar-refractivity contribution in [2.24, 2.45) is 0 Å². The van der Waals surface area contributed by atoms with E-state index < -0.39 is 0 Å². The van der Waals surface area contributed by atoms with Gasteiger partial charge in [0.25, 0.3) is 5.91 Å². The van der Waals surface area contributed by atoms with Crippen LogP contribution in [0.1, 0.15) is 41.4 Å². The monoisotopic (exact) mass is 433 g/mol. The summed E-state index contributed by atoms with van der Waals surface area (Å²) < 4.78 is 4.02. The molecule has 4 aromatic rings. The Bertz CT molecular complexity index is 1180. The minimum absolute atomic E-state index is 0.173. The zero-order valence-corrected chi connectivity index (χ0v) is 17.9. The van der Waals surface area contributed by atoms with Gasteiger partial charge in [0.05, 0.1) is 11.9 Å². The van der Waals surface area contributed by atoms with E-state index in [0.717, 1.165) is 47.3 Å². The van der Waals surface area contributed by atoms with Gasteiger partial charge in [-0.05, 0) is 25.0 Å². The second-order valence-corrected chi connectivity index (χ2v) is 8.41. The van der Waals surface area contributed by atoms with E-state index in [1.54, 1.807) is 16.3 Å². The van der Waals surface area contributed by atoms with E-state index in [1.165, 1.54) is 24.2 Å². The molecule has 158 valence electrons. The van der Waals surface area contributed by atoms with Gasteiger partial charge in [-0.2, -0.15) is 5.10 Å². The van der Waals surface area contributed by atoms with E-state index in [9.17, 15) is 4.79 Å². The predicted molar refractivity (Wildman–Crippen MR) is 118 cm³/mol. The van der Waals surface area contributed by atoms with Crippen LogP contribution in [0.3, 0.4) is 0 Å². The van der Waals surface area contributed by atoms with Crippen LogP contribution >= 0.6 is 11.3 Å². The number of aromatic nitrogens is 6. The molecule has 0 saturated carbocycles. The van der Waals surface area contributed by atoms with Crippen molar-refractivity contribution in [3.05, 3.63) is 65.4 Å². The number of aryl methyl sites for hydroxylation is 1. The molecule has 1 N–H and O–H groups in total. The summed E-state index contributed by atoms with van der Waals surface area (Å²) >= 11 is 1.44. The summed E-state index contributed by atoms with van der Waals surface area (Å²) in [6.07, 6.45) is 8.91. The van der Waals surface area contributed by atoms with Crippen LogP contribution in [0.25, 0.3) is 16.3 Å². The highest BCUT2D eigenvalue weighted by molar-refractivity contribution is 7.13. The lowest BCUT2D eigenvalue weighted by molar-refractivity contribution is 0.0949. The molecule has 1 aliphatic rings. The Balaban J connectivity index is 1.20. The van der Waals surface area contributed by atoms with Gasteiger partial charge in [0, 0.05) is 43.1 Å². The number of nitrogens with zero attached hydrogens (tertiary/aromatic N) is 6. The molecule has 1 aliphatic heterocycles. The fraction of sp³-hybridized carbons (Fsp3) is 0.318. The molecule has 0 atom stereocenters. The number of para-hydroxylation sites is 1. The summed E-state index contributed by atoms with van der Waals surface area (Å²) in [6.45, 7) is 1.48. The van der Waals surface area contributed by atoms with E-state index in [4.69, 9.17) is 0 Å². The number of amides is 1. The summed E-state index contributed by atoms with van der Waals surface area (Å²) in [5, 5.41) is 18.6. The maximum atomic E-state index is 12.6. The number of carbonyl (C=O) groups is 1. The first-order valence-corrected chi connectivity index (χ1v) is 11.4. The summed E-state index contributed by atoms with van der Waals surface area (Å²) in [5.41, 5.74) is 2.29. The molecule has 3 aromatic heterocycles. The Labute approximate surface area is 184 Å². The third-order valence-corrected chi connectivity index (χ3v) is 6.30. The van der Waals surface area contributed by atoms with E-state index >= 15 is 0 Å². The lowest BCUT2D eigenvalue weighted by atomic mass is 10.2. The zero-order valence-electron chi connectivity index (χ0n) is 17.1. The Morgan fingerprint density at radius 3 is 2.94 bits per heavy atom. The average molecular weight is 434 g/mol. The standard InChI is InChI=1S/C22H23N7OS/c30-21(23-11-10-20-27-26-19-9-5-2-6-12-28(19)20)18-15-31-22(25-18)16-13-24-29(14-16)17-7-3-1-4-8-17/h1,3-4,7-8,13-15H,2,5-6,9-12H2,(H,23,30). The minimum atomic E-state index is -0.173. The molecule has 0 aliphatic carbocycles. The quantitative estimate of drug-likeness (QED) is 0.504. The number of fused-ring (bicyclic) bond motifs is 1. The van der Waals surface area contributed by atoms with Crippen molar-refractivity contribution in [2.75, 3.05) is 6.54 Å². The van der Waals surface area contributed by atoms with Crippen molar-refractivity contribution in [2.45, 2.75) is 38.6 Å². The molecule has 0 bridgehead atoms. The largest absolute Gasteiger partial charge is 0.350 e. The Hall–Kier alpha value is -3.33. The molecule has 0 fully saturated rings. The molecule has 1 amide bonds. The topological polar surface area (TPSA) is 90.5 Å². The van der Waals surface area contributed by atoms with Crippen LogP contribution in [0.15, 0.2) is 48.1 Å². The third kappa shape index (κ3) is 4.27.